The minimum Gasteiger partial charge on any atom is -0.456 e. The molecule has 23 heavy (non-hydrogen) atoms. The number of hydrogen-bond acceptors (Lipinski definition) is 5. The van der Waals surface area contributed by atoms with Crippen LogP contribution in [0.4, 0.5) is 0 Å². The highest BCUT2D eigenvalue weighted by molar-refractivity contribution is 7.99. The van der Waals surface area contributed by atoms with E-state index in [2.05, 4.69) is 5.32 Å². The number of nitrogens with zero attached hydrogens (tertiary/aromatic N) is 1. The van der Waals surface area contributed by atoms with Crippen molar-refractivity contribution in [1.82, 2.24) is 10.2 Å². The molecule has 8 heteroatoms. The number of esters is 1. The van der Waals surface area contributed by atoms with Crippen LogP contribution in [0.1, 0.15) is 6.42 Å². The van der Waals surface area contributed by atoms with E-state index < -0.39 is 11.9 Å². The first-order valence-corrected chi connectivity index (χ1v) is 8.25. The number of halogens is 1. The lowest BCUT2D eigenvalue weighted by molar-refractivity contribution is -0.148. The molecule has 0 aliphatic carbocycles. The van der Waals surface area contributed by atoms with Gasteiger partial charge in [0.05, 0.1) is 13.0 Å². The maximum absolute atomic E-state index is 11.5. The fraction of sp³-hybridized carbons (Fsp3) is 0.400. The third kappa shape index (κ3) is 8.47. The first kappa shape index (κ1) is 19.3. The number of likely N-dealkylation sites (N-methyl/N-ethyl adjacent to an activating group) is 1. The van der Waals surface area contributed by atoms with Crippen molar-refractivity contribution in [2.45, 2.75) is 11.3 Å². The second kappa shape index (κ2) is 10.1. The average Bonchev–Trinajstić information content (AvgIpc) is 2.52. The molecule has 1 aromatic rings. The standard InChI is InChI=1S/C15H19ClN2O4S/c1-18(2)14(20)9-17-13(19)10-22-15(21)7-8-23-12-5-3-11(16)4-6-12/h3-6H,7-10H2,1-2H3,(H,17,19). The van der Waals surface area contributed by atoms with Crippen molar-refractivity contribution in [2.24, 2.45) is 0 Å². The van der Waals surface area contributed by atoms with E-state index in [-0.39, 0.29) is 25.5 Å². The molecule has 0 heterocycles. The molecule has 0 saturated carbocycles. The van der Waals surface area contributed by atoms with E-state index in [0.29, 0.717) is 10.8 Å². The predicted molar refractivity (Wildman–Crippen MR) is 89.5 cm³/mol. The number of carbonyl (C=O) groups excluding carboxylic acids is 3. The van der Waals surface area contributed by atoms with Gasteiger partial charge in [-0.3, -0.25) is 14.4 Å². The van der Waals surface area contributed by atoms with Gasteiger partial charge in [-0.15, -0.1) is 11.8 Å². The van der Waals surface area contributed by atoms with Crippen molar-refractivity contribution >= 4 is 41.1 Å². The summed E-state index contributed by atoms with van der Waals surface area (Å²) in [5, 5.41) is 3.04. The number of carbonyl (C=O) groups is 3. The lowest BCUT2D eigenvalue weighted by Crippen LogP contribution is -2.38. The van der Waals surface area contributed by atoms with Crippen LogP contribution in [0.2, 0.25) is 5.02 Å². The molecule has 0 atom stereocenters. The normalized spacial score (nSPS) is 10.0. The van der Waals surface area contributed by atoms with Crippen LogP contribution >= 0.6 is 23.4 Å². The van der Waals surface area contributed by atoms with Gasteiger partial charge in [0, 0.05) is 29.8 Å². The van der Waals surface area contributed by atoms with Gasteiger partial charge in [0.25, 0.3) is 5.91 Å². The van der Waals surface area contributed by atoms with Gasteiger partial charge in [0.1, 0.15) is 0 Å². The summed E-state index contributed by atoms with van der Waals surface area (Å²) < 4.78 is 4.84. The van der Waals surface area contributed by atoms with E-state index in [1.165, 1.54) is 16.7 Å². The summed E-state index contributed by atoms with van der Waals surface area (Å²) in [7, 11) is 3.18. The number of ether oxygens (including phenoxy) is 1. The average molecular weight is 359 g/mol. The van der Waals surface area contributed by atoms with Crippen molar-refractivity contribution in [3.05, 3.63) is 29.3 Å². The second-order valence-electron chi connectivity index (χ2n) is 4.78. The summed E-state index contributed by atoms with van der Waals surface area (Å²) in [5.74, 6) is -0.648. The predicted octanol–water partition coefficient (Wildman–Crippen LogP) is 1.57. The molecule has 126 valence electrons. The zero-order valence-electron chi connectivity index (χ0n) is 13.0. The minimum atomic E-state index is -0.501. The first-order valence-electron chi connectivity index (χ1n) is 6.89. The molecule has 1 N–H and O–H groups in total. The number of amides is 2. The van der Waals surface area contributed by atoms with E-state index in [0.717, 1.165) is 4.90 Å². The summed E-state index contributed by atoms with van der Waals surface area (Å²) >= 11 is 7.28. The summed E-state index contributed by atoms with van der Waals surface area (Å²) in [6.45, 7) is -0.499. The van der Waals surface area contributed by atoms with Crippen molar-refractivity contribution in [2.75, 3.05) is 33.0 Å². The number of hydrogen-bond donors (Lipinski definition) is 1. The van der Waals surface area contributed by atoms with E-state index >= 15 is 0 Å². The summed E-state index contributed by atoms with van der Waals surface area (Å²) in [6, 6.07) is 7.30. The molecule has 0 spiro atoms. The fourth-order valence-corrected chi connectivity index (χ4v) is 2.34. The van der Waals surface area contributed by atoms with Gasteiger partial charge in [0.2, 0.25) is 5.91 Å². The maximum atomic E-state index is 11.5. The van der Waals surface area contributed by atoms with Crippen molar-refractivity contribution in [1.29, 1.82) is 0 Å². The van der Waals surface area contributed by atoms with Gasteiger partial charge in [0.15, 0.2) is 6.61 Å². The number of rotatable bonds is 8. The molecule has 6 nitrogen and oxygen atoms in total. The molecule has 1 rings (SSSR count). The monoisotopic (exact) mass is 358 g/mol. The lowest BCUT2D eigenvalue weighted by atomic mass is 10.4. The van der Waals surface area contributed by atoms with Gasteiger partial charge in [-0.25, -0.2) is 0 Å². The summed E-state index contributed by atoms with van der Waals surface area (Å²) in [4.78, 5) is 36.6. The molecule has 0 aliphatic rings. The molecule has 1 aromatic carbocycles. The van der Waals surface area contributed by atoms with Crippen LogP contribution in [0.3, 0.4) is 0 Å². The summed E-state index contributed by atoms with van der Waals surface area (Å²) in [5.41, 5.74) is 0. The highest BCUT2D eigenvalue weighted by Crippen LogP contribution is 2.20. The van der Waals surface area contributed by atoms with Crippen molar-refractivity contribution < 1.29 is 19.1 Å². The molecule has 0 radical (unpaired) electrons. The SMILES string of the molecule is CN(C)C(=O)CNC(=O)COC(=O)CCSc1ccc(Cl)cc1. The van der Waals surface area contributed by atoms with Crippen LogP contribution in [0.25, 0.3) is 0 Å². The lowest BCUT2D eigenvalue weighted by Gasteiger charge is -2.11. The molecule has 0 aliphatic heterocycles. The Labute approximate surface area is 144 Å². The Morgan fingerprint density at radius 2 is 1.87 bits per heavy atom. The Balaban J connectivity index is 2.15. The largest absolute Gasteiger partial charge is 0.456 e. The quantitative estimate of drug-likeness (QED) is 0.564. The Hall–Kier alpha value is -1.73. The Morgan fingerprint density at radius 3 is 2.48 bits per heavy atom. The van der Waals surface area contributed by atoms with Gasteiger partial charge >= 0.3 is 5.97 Å². The van der Waals surface area contributed by atoms with Crippen LogP contribution in [-0.2, 0) is 19.1 Å². The molecule has 0 unspecified atom stereocenters. The minimum absolute atomic E-state index is 0.115. The van der Waals surface area contributed by atoms with Crippen LogP contribution in [0.15, 0.2) is 29.2 Å². The Bertz CT molecular complexity index is 549. The highest BCUT2D eigenvalue weighted by atomic mass is 35.5. The number of thioether (sulfide) groups is 1. The molecule has 0 aromatic heterocycles. The third-order valence-electron chi connectivity index (χ3n) is 2.69. The second-order valence-corrected chi connectivity index (χ2v) is 6.38. The molecular formula is C15H19ClN2O4S. The van der Waals surface area contributed by atoms with E-state index in [1.807, 2.05) is 12.1 Å². The van der Waals surface area contributed by atoms with Crippen LogP contribution in [0.5, 0.6) is 0 Å². The van der Waals surface area contributed by atoms with Gasteiger partial charge < -0.3 is 15.0 Å². The van der Waals surface area contributed by atoms with Crippen molar-refractivity contribution in [3.8, 4) is 0 Å². The topological polar surface area (TPSA) is 75.7 Å². The van der Waals surface area contributed by atoms with Crippen LogP contribution < -0.4 is 5.32 Å². The first-order chi connectivity index (χ1) is 10.9. The smallest absolute Gasteiger partial charge is 0.307 e. The number of nitrogens with one attached hydrogen (secondary N) is 1. The van der Waals surface area contributed by atoms with Crippen LogP contribution in [-0.4, -0.2) is 55.7 Å². The van der Waals surface area contributed by atoms with Gasteiger partial charge in [-0.1, -0.05) is 11.6 Å². The molecule has 0 bridgehead atoms. The number of benzene rings is 1. The third-order valence-corrected chi connectivity index (χ3v) is 3.95. The fourth-order valence-electron chi connectivity index (χ4n) is 1.38. The van der Waals surface area contributed by atoms with E-state index in [9.17, 15) is 14.4 Å². The molecular weight excluding hydrogens is 340 g/mol. The van der Waals surface area contributed by atoms with E-state index in [4.69, 9.17) is 16.3 Å². The Morgan fingerprint density at radius 1 is 1.22 bits per heavy atom. The van der Waals surface area contributed by atoms with Crippen LogP contribution in [0, 0.1) is 0 Å². The van der Waals surface area contributed by atoms with Gasteiger partial charge in [-0.2, -0.15) is 0 Å². The van der Waals surface area contributed by atoms with Crippen molar-refractivity contribution in [3.63, 3.8) is 0 Å². The summed E-state index contributed by atoms with van der Waals surface area (Å²) in [6.07, 6.45) is 0.192. The Kier molecular flexibility index (Phi) is 8.50. The zero-order valence-corrected chi connectivity index (χ0v) is 14.6. The molecule has 0 fully saturated rings. The zero-order chi connectivity index (χ0) is 17.2. The maximum Gasteiger partial charge on any atom is 0.307 e. The molecule has 0 saturated heterocycles. The highest BCUT2D eigenvalue weighted by Gasteiger charge is 2.10. The van der Waals surface area contributed by atoms with Gasteiger partial charge in [-0.05, 0) is 24.3 Å². The molecule has 2 amide bonds. The van der Waals surface area contributed by atoms with E-state index in [1.54, 1.807) is 26.2 Å².